The monoisotopic (exact) mass is 369 g/mol. The third-order valence-electron chi connectivity index (χ3n) is 5.41. The summed E-state index contributed by atoms with van der Waals surface area (Å²) < 4.78 is 0. The Bertz CT molecular complexity index is 513. The van der Waals surface area contributed by atoms with Crippen LogP contribution in [-0.4, -0.2) is 71.7 Å². The van der Waals surface area contributed by atoms with Crippen molar-refractivity contribution in [3.05, 3.63) is 29.8 Å². The van der Waals surface area contributed by atoms with E-state index in [0.29, 0.717) is 0 Å². The van der Waals surface area contributed by atoms with Gasteiger partial charge in [-0.25, -0.2) is 0 Å². The molecule has 6 heteroatoms. The Labute approximate surface area is 157 Å². The molecule has 0 spiro atoms. The number of nitrogens with zero attached hydrogens (tertiary/aromatic N) is 3. The second-order valence-corrected chi connectivity index (χ2v) is 7.10. The molecule has 0 radical (unpaired) electrons. The molecule has 2 unspecified atom stereocenters. The summed E-state index contributed by atoms with van der Waals surface area (Å²) in [4.78, 5) is 6.83. The van der Waals surface area contributed by atoms with Gasteiger partial charge in [0.15, 0.2) is 0 Å². The van der Waals surface area contributed by atoms with Gasteiger partial charge in [0.25, 0.3) is 0 Å². The summed E-state index contributed by atoms with van der Waals surface area (Å²) in [6.45, 7) is 8.30. The Kier molecular flexibility index (Phi) is 7.97. The van der Waals surface area contributed by atoms with E-state index in [1.54, 1.807) is 0 Å². The van der Waals surface area contributed by atoms with Crippen molar-refractivity contribution in [3.63, 3.8) is 0 Å². The quantitative estimate of drug-likeness (QED) is 0.832. The Morgan fingerprint density at radius 3 is 2.24 bits per heavy atom. The number of aliphatic hydroxyl groups excluding tert-OH is 2. The van der Waals surface area contributed by atoms with E-state index >= 15 is 0 Å². The predicted octanol–water partition coefficient (Wildman–Crippen LogP) is 2.05. The number of likely N-dealkylation sites (tertiary alicyclic amines) is 1. The van der Waals surface area contributed by atoms with E-state index in [-0.39, 0.29) is 12.4 Å². The maximum absolute atomic E-state index is 10.0. The van der Waals surface area contributed by atoms with E-state index in [9.17, 15) is 10.2 Å². The van der Waals surface area contributed by atoms with Crippen molar-refractivity contribution in [1.82, 2.24) is 9.80 Å². The smallest absolute Gasteiger partial charge is 0.109 e. The molecule has 2 saturated heterocycles. The van der Waals surface area contributed by atoms with Gasteiger partial charge in [0.2, 0.25) is 0 Å². The van der Waals surface area contributed by atoms with Crippen molar-refractivity contribution in [3.8, 4) is 0 Å². The van der Waals surface area contributed by atoms with Crippen molar-refractivity contribution in [2.75, 3.05) is 44.2 Å². The highest BCUT2D eigenvalue weighted by atomic mass is 35.5. The number of aryl methyl sites for hydroxylation is 1. The third kappa shape index (κ3) is 5.31. The Morgan fingerprint density at radius 2 is 1.60 bits per heavy atom. The number of hydrogen-bond acceptors (Lipinski definition) is 5. The zero-order valence-electron chi connectivity index (χ0n) is 15.2. The van der Waals surface area contributed by atoms with Crippen LogP contribution in [0.4, 0.5) is 5.69 Å². The molecule has 2 aliphatic heterocycles. The average Bonchev–Trinajstić information content (AvgIpc) is 2.59. The van der Waals surface area contributed by atoms with Crippen molar-refractivity contribution in [1.29, 1.82) is 0 Å². The molecule has 5 nitrogen and oxygen atoms in total. The van der Waals surface area contributed by atoms with Crippen LogP contribution >= 0.6 is 12.4 Å². The Morgan fingerprint density at radius 1 is 0.960 bits per heavy atom. The number of halogens is 1. The minimum absolute atomic E-state index is 0. The normalized spacial score (nSPS) is 25.6. The molecule has 0 aliphatic carbocycles. The molecule has 25 heavy (non-hydrogen) atoms. The molecular weight excluding hydrogens is 338 g/mol. The summed E-state index contributed by atoms with van der Waals surface area (Å²) in [5, 5.41) is 20.0. The summed E-state index contributed by atoms with van der Waals surface area (Å²) in [5.41, 5.74) is 2.70. The number of rotatable bonds is 5. The summed E-state index contributed by atoms with van der Waals surface area (Å²) in [7, 11) is 0. The maximum atomic E-state index is 10.0. The standard InChI is InChI=1S/C19H31N3O2.ClH/c1-16-6-2-3-7-17(16)21-14-12-20(13-15-21)10-5-11-22-18(23)8-4-9-19(22)24;/h2-3,6-7,18-19,23-24H,4-5,8-15H2,1H3;1H. The number of hydrogen-bond donors (Lipinski definition) is 2. The Balaban J connectivity index is 0.00000225. The summed E-state index contributed by atoms with van der Waals surface area (Å²) in [6.07, 6.45) is 2.55. The first kappa shape index (κ1) is 20.5. The van der Waals surface area contributed by atoms with Crippen LogP contribution in [0.5, 0.6) is 0 Å². The fourth-order valence-electron chi connectivity index (χ4n) is 3.92. The molecule has 142 valence electrons. The number of piperidine rings is 1. The predicted molar refractivity (Wildman–Crippen MR) is 104 cm³/mol. The molecular formula is C19H32ClN3O2. The largest absolute Gasteiger partial charge is 0.378 e. The lowest BCUT2D eigenvalue weighted by atomic mass is 10.1. The van der Waals surface area contributed by atoms with Crippen LogP contribution in [-0.2, 0) is 0 Å². The molecule has 3 rings (SSSR count). The lowest BCUT2D eigenvalue weighted by Gasteiger charge is -2.38. The summed E-state index contributed by atoms with van der Waals surface area (Å²) >= 11 is 0. The molecule has 1 aromatic carbocycles. The SMILES string of the molecule is Cc1ccccc1N1CCN(CCCN2C(O)CCCC2O)CC1.Cl. The highest BCUT2D eigenvalue weighted by molar-refractivity contribution is 5.85. The fourth-order valence-corrected chi connectivity index (χ4v) is 3.92. The Hall–Kier alpha value is -0.850. The molecule has 0 bridgehead atoms. The second-order valence-electron chi connectivity index (χ2n) is 7.10. The van der Waals surface area contributed by atoms with Crippen molar-refractivity contribution >= 4 is 18.1 Å². The van der Waals surface area contributed by atoms with Gasteiger partial charge in [-0.2, -0.15) is 0 Å². The minimum atomic E-state index is -0.466. The van der Waals surface area contributed by atoms with Gasteiger partial charge in [0.1, 0.15) is 12.5 Å². The van der Waals surface area contributed by atoms with Gasteiger partial charge in [-0.15, -0.1) is 12.4 Å². The minimum Gasteiger partial charge on any atom is -0.378 e. The van der Waals surface area contributed by atoms with Gasteiger partial charge in [-0.1, -0.05) is 18.2 Å². The van der Waals surface area contributed by atoms with Crippen LogP contribution in [0.15, 0.2) is 24.3 Å². The van der Waals surface area contributed by atoms with Gasteiger partial charge in [-0.05, 0) is 50.8 Å². The van der Waals surface area contributed by atoms with Crippen LogP contribution < -0.4 is 4.90 Å². The molecule has 0 saturated carbocycles. The van der Waals surface area contributed by atoms with Gasteiger partial charge < -0.3 is 15.1 Å². The number of anilines is 1. The number of benzene rings is 1. The van der Waals surface area contributed by atoms with E-state index in [0.717, 1.165) is 65.0 Å². The topological polar surface area (TPSA) is 50.2 Å². The van der Waals surface area contributed by atoms with Gasteiger partial charge in [-0.3, -0.25) is 9.80 Å². The number of aliphatic hydroxyl groups is 2. The highest BCUT2D eigenvalue weighted by Crippen LogP contribution is 2.22. The third-order valence-corrected chi connectivity index (χ3v) is 5.41. The van der Waals surface area contributed by atoms with Gasteiger partial charge in [0, 0.05) is 38.4 Å². The van der Waals surface area contributed by atoms with E-state index in [2.05, 4.69) is 41.0 Å². The molecule has 0 aromatic heterocycles. The molecule has 0 amide bonds. The number of para-hydroxylation sites is 1. The molecule has 2 fully saturated rings. The molecule has 2 N–H and O–H groups in total. The number of piperazine rings is 1. The fraction of sp³-hybridized carbons (Fsp3) is 0.684. The van der Waals surface area contributed by atoms with Crippen molar-refractivity contribution in [2.24, 2.45) is 0 Å². The zero-order valence-corrected chi connectivity index (χ0v) is 16.0. The molecule has 2 heterocycles. The lowest BCUT2D eigenvalue weighted by molar-refractivity contribution is -0.131. The van der Waals surface area contributed by atoms with Crippen LogP contribution in [0, 0.1) is 6.92 Å². The van der Waals surface area contributed by atoms with Gasteiger partial charge in [0.05, 0.1) is 0 Å². The van der Waals surface area contributed by atoms with E-state index < -0.39 is 12.5 Å². The van der Waals surface area contributed by atoms with Crippen molar-refractivity contribution < 1.29 is 10.2 Å². The second kappa shape index (κ2) is 9.74. The average molecular weight is 370 g/mol. The van der Waals surface area contributed by atoms with E-state index in [1.807, 2.05) is 4.90 Å². The van der Waals surface area contributed by atoms with Gasteiger partial charge >= 0.3 is 0 Å². The zero-order chi connectivity index (χ0) is 16.9. The first-order chi connectivity index (χ1) is 11.6. The molecule has 2 atom stereocenters. The first-order valence-electron chi connectivity index (χ1n) is 9.30. The first-order valence-corrected chi connectivity index (χ1v) is 9.30. The summed E-state index contributed by atoms with van der Waals surface area (Å²) in [5.74, 6) is 0. The van der Waals surface area contributed by atoms with Crippen LogP contribution in [0.1, 0.15) is 31.2 Å². The van der Waals surface area contributed by atoms with E-state index in [4.69, 9.17) is 0 Å². The molecule has 1 aromatic rings. The molecule has 2 aliphatic rings. The maximum Gasteiger partial charge on any atom is 0.109 e. The van der Waals surface area contributed by atoms with Crippen LogP contribution in [0.3, 0.4) is 0 Å². The lowest BCUT2D eigenvalue weighted by Crippen LogP contribution is -2.49. The van der Waals surface area contributed by atoms with Crippen LogP contribution in [0.25, 0.3) is 0 Å². The van der Waals surface area contributed by atoms with E-state index in [1.165, 1.54) is 11.3 Å². The highest BCUT2D eigenvalue weighted by Gasteiger charge is 2.27. The summed E-state index contributed by atoms with van der Waals surface area (Å²) in [6, 6.07) is 8.60. The van der Waals surface area contributed by atoms with Crippen LogP contribution in [0.2, 0.25) is 0 Å². The van der Waals surface area contributed by atoms with Crippen molar-refractivity contribution in [2.45, 2.75) is 45.1 Å².